The van der Waals surface area contributed by atoms with Crippen molar-refractivity contribution in [1.82, 2.24) is 34.6 Å². The lowest BCUT2D eigenvalue weighted by Gasteiger charge is -2.39. The first-order valence-corrected chi connectivity index (χ1v) is 18.6. The van der Waals surface area contributed by atoms with Crippen LogP contribution in [0.2, 0.25) is 5.02 Å². The van der Waals surface area contributed by atoms with Crippen molar-refractivity contribution in [2.75, 3.05) is 45.2 Å². The molecule has 0 radical (unpaired) electrons. The van der Waals surface area contributed by atoms with Crippen LogP contribution < -0.4 is 31.9 Å². The fraction of sp³-hybridized carbons (Fsp3) is 0.375. The third-order valence-electron chi connectivity index (χ3n) is 10.9. The van der Waals surface area contributed by atoms with E-state index in [2.05, 4.69) is 27.0 Å². The predicted molar refractivity (Wildman–Crippen MR) is 211 cm³/mol. The first-order valence-electron chi connectivity index (χ1n) is 18.2. The molecule has 14 heteroatoms. The Kier molecular flexibility index (Phi) is 10.5. The number of carbonyl (C=O) groups excluding carboxylic acids is 1. The smallest absolute Gasteiger partial charge is 0.330 e. The molecule has 3 aromatic heterocycles. The number of β-amino-alcohol motifs (C(OH)–C–C–N with tert-alkyl or cyclic N) is 1. The molecule has 1 aliphatic carbocycles. The molecule has 5 aromatic rings. The molecular weight excluding hydrogens is 708 g/mol. The van der Waals surface area contributed by atoms with Gasteiger partial charge in [-0.2, -0.15) is 0 Å². The van der Waals surface area contributed by atoms with E-state index in [9.17, 15) is 14.4 Å². The highest BCUT2D eigenvalue weighted by Crippen LogP contribution is 2.41. The van der Waals surface area contributed by atoms with Gasteiger partial charge in [-0.3, -0.25) is 13.9 Å². The molecule has 0 saturated carbocycles. The standard InChI is InChI=1S/C31H28ClN5O3.C9H17N3O2/c1-17-19(21-11-6-12-22(27(21)32)24-16-18-8-5-10-20(18)29(35-24)40-4)9-7-13-23(17)34-28-26-25(14-15-33-28)36(2)31(39)37(3)30(26)38;13-6-5-12-4-2-9(11-8(12)14)1-3-10-7-9/h6-7,9,11-16H,5,8,10H2,1-4H3,(H,33,34);10,13H,1-7H2,(H,11,14). The number of fused-ring (bicyclic) bond motifs is 2. The van der Waals surface area contributed by atoms with E-state index in [0.717, 1.165) is 89.9 Å². The maximum Gasteiger partial charge on any atom is 0.330 e. The SMILES string of the molecule is COc1nc(-c2cccc(-c3cccc(Nc4nccc5c4c(=O)n(C)c(=O)n5C)c3C)c2Cl)cc2c1CCC2.O=C1NC2(CCNC2)CCN1CCO. The summed E-state index contributed by atoms with van der Waals surface area (Å²) < 4.78 is 8.15. The highest BCUT2D eigenvalue weighted by molar-refractivity contribution is 6.36. The summed E-state index contributed by atoms with van der Waals surface area (Å²) >= 11 is 7.07. The van der Waals surface area contributed by atoms with Gasteiger partial charge in [-0.25, -0.2) is 19.6 Å². The van der Waals surface area contributed by atoms with Crippen molar-refractivity contribution in [3.63, 3.8) is 0 Å². The van der Waals surface area contributed by atoms with Gasteiger partial charge in [0.05, 0.1) is 35.5 Å². The van der Waals surface area contributed by atoms with Crippen LogP contribution >= 0.6 is 11.6 Å². The number of anilines is 2. The first-order chi connectivity index (χ1) is 26.1. The van der Waals surface area contributed by atoms with E-state index in [1.165, 1.54) is 22.7 Å². The number of aliphatic hydroxyl groups is 1. The summed E-state index contributed by atoms with van der Waals surface area (Å²) in [7, 11) is 4.76. The number of hydrogen-bond acceptors (Lipinski definition) is 9. The molecule has 2 aliphatic heterocycles. The lowest BCUT2D eigenvalue weighted by Crippen LogP contribution is -2.61. The number of nitrogens with zero attached hydrogens (tertiary/aromatic N) is 5. The van der Waals surface area contributed by atoms with E-state index in [1.807, 2.05) is 43.3 Å². The van der Waals surface area contributed by atoms with Gasteiger partial charge in [-0.15, -0.1) is 0 Å². The second-order valence-electron chi connectivity index (χ2n) is 14.1. The highest BCUT2D eigenvalue weighted by Gasteiger charge is 2.40. The molecule has 8 rings (SSSR count). The molecule has 0 bridgehead atoms. The van der Waals surface area contributed by atoms with Crippen LogP contribution in [-0.2, 0) is 26.9 Å². The van der Waals surface area contributed by atoms with E-state index in [0.29, 0.717) is 34.2 Å². The Labute approximate surface area is 318 Å². The van der Waals surface area contributed by atoms with Crippen molar-refractivity contribution < 1.29 is 14.6 Å². The summed E-state index contributed by atoms with van der Waals surface area (Å²) in [5.74, 6) is 1.04. The van der Waals surface area contributed by atoms with Crippen LogP contribution in [0.1, 0.15) is 36.0 Å². The number of ether oxygens (including phenoxy) is 1. The highest BCUT2D eigenvalue weighted by atomic mass is 35.5. The van der Waals surface area contributed by atoms with Gasteiger partial charge >= 0.3 is 11.7 Å². The van der Waals surface area contributed by atoms with Crippen LogP contribution in [0.3, 0.4) is 0 Å². The van der Waals surface area contributed by atoms with Gasteiger partial charge in [-0.1, -0.05) is 41.9 Å². The Balaban J connectivity index is 0.000000269. The van der Waals surface area contributed by atoms with E-state index >= 15 is 0 Å². The third-order valence-corrected chi connectivity index (χ3v) is 11.3. The summed E-state index contributed by atoms with van der Waals surface area (Å²) in [6.45, 7) is 5.10. The van der Waals surface area contributed by atoms with E-state index < -0.39 is 11.2 Å². The van der Waals surface area contributed by atoms with Crippen molar-refractivity contribution in [1.29, 1.82) is 0 Å². The topological polar surface area (TPSA) is 156 Å². The molecule has 3 aliphatic rings. The second kappa shape index (κ2) is 15.2. The molecule has 2 saturated heterocycles. The monoisotopic (exact) mass is 752 g/mol. The van der Waals surface area contributed by atoms with Gasteiger partial charge in [0.1, 0.15) is 11.2 Å². The first kappa shape index (κ1) is 37.1. The molecule has 1 spiro atoms. The fourth-order valence-corrected chi connectivity index (χ4v) is 8.14. The third kappa shape index (κ3) is 6.83. The molecule has 1 atom stereocenters. The number of urea groups is 1. The van der Waals surface area contributed by atoms with Crippen LogP contribution in [0.5, 0.6) is 5.88 Å². The van der Waals surface area contributed by atoms with Crippen molar-refractivity contribution in [2.45, 2.75) is 44.6 Å². The normalized spacial score (nSPS) is 17.7. The zero-order chi connectivity index (χ0) is 38.1. The van der Waals surface area contributed by atoms with Gasteiger partial charge in [-0.05, 0) is 80.5 Å². The maximum atomic E-state index is 13.1. The van der Waals surface area contributed by atoms with Gasteiger partial charge < -0.3 is 30.7 Å². The number of aromatic nitrogens is 4. The Hall–Kier alpha value is -5.24. The van der Waals surface area contributed by atoms with Gasteiger partial charge in [0.15, 0.2) is 0 Å². The molecule has 13 nitrogen and oxygen atoms in total. The summed E-state index contributed by atoms with van der Waals surface area (Å²) in [5.41, 5.74) is 7.28. The number of halogens is 1. The fourth-order valence-electron chi connectivity index (χ4n) is 7.82. The number of methoxy groups -OCH3 is 1. The maximum absolute atomic E-state index is 13.1. The zero-order valence-corrected chi connectivity index (χ0v) is 31.7. The van der Waals surface area contributed by atoms with Crippen molar-refractivity contribution in [3.8, 4) is 28.3 Å². The lowest BCUT2D eigenvalue weighted by molar-refractivity contribution is 0.136. The molecule has 54 heavy (non-hydrogen) atoms. The number of pyridine rings is 2. The number of aliphatic hydroxyl groups excluding tert-OH is 1. The Bertz CT molecular complexity index is 2370. The minimum Gasteiger partial charge on any atom is -0.481 e. The number of benzene rings is 2. The average molecular weight is 753 g/mol. The number of carbonyl (C=O) groups is 1. The Morgan fingerprint density at radius 1 is 1.02 bits per heavy atom. The Morgan fingerprint density at radius 3 is 2.54 bits per heavy atom. The summed E-state index contributed by atoms with van der Waals surface area (Å²) in [5, 5.41) is 19.3. The number of amides is 2. The molecule has 4 N–H and O–H groups in total. The molecule has 2 fully saturated rings. The predicted octanol–water partition coefficient (Wildman–Crippen LogP) is 4.69. The van der Waals surface area contributed by atoms with Gasteiger partial charge in [0, 0.05) is 62.3 Å². The molecule has 1 unspecified atom stereocenters. The average Bonchev–Trinajstić information content (AvgIpc) is 3.85. The lowest BCUT2D eigenvalue weighted by atomic mass is 9.92. The van der Waals surface area contributed by atoms with Gasteiger partial charge in [0.25, 0.3) is 5.56 Å². The Morgan fingerprint density at radius 2 is 1.80 bits per heavy atom. The van der Waals surface area contributed by atoms with Crippen molar-refractivity contribution in [2.24, 2.45) is 14.1 Å². The molecule has 2 amide bonds. The number of aryl methyl sites for hydroxylation is 2. The van der Waals surface area contributed by atoms with Crippen molar-refractivity contribution >= 4 is 40.0 Å². The minimum absolute atomic E-state index is 0.0109. The van der Waals surface area contributed by atoms with Crippen LogP contribution in [-0.4, -0.2) is 80.6 Å². The second-order valence-corrected chi connectivity index (χ2v) is 14.5. The van der Waals surface area contributed by atoms with Crippen LogP contribution in [0.25, 0.3) is 33.3 Å². The van der Waals surface area contributed by atoms with E-state index in [4.69, 9.17) is 26.4 Å². The van der Waals surface area contributed by atoms with Crippen LogP contribution in [0.4, 0.5) is 16.3 Å². The summed E-state index contributed by atoms with van der Waals surface area (Å²) in [4.78, 5) is 48.0. The number of nitrogens with one attached hydrogen (secondary N) is 3. The van der Waals surface area contributed by atoms with Crippen molar-refractivity contribution in [3.05, 3.63) is 97.3 Å². The van der Waals surface area contributed by atoms with Crippen LogP contribution in [0, 0.1) is 6.92 Å². The summed E-state index contributed by atoms with van der Waals surface area (Å²) in [6.07, 6.45) is 6.66. The number of hydrogen-bond donors (Lipinski definition) is 4. The minimum atomic E-state index is -0.407. The van der Waals surface area contributed by atoms with Gasteiger partial charge in [0.2, 0.25) is 5.88 Å². The molecule has 2 aromatic carbocycles. The molecule has 5 heterocycles. The number of rotatable bonds is 7. The van der Waals surface area contributed by atoms with E-state index in [1.54, 1.807) is 31.3 Å². The molecular formula is C40H45ClN8O5. The quantitative estimate of drug-likeness (QED) is 0.185. The van der Waals surface area contributed by atoms with Crippen LogP contribution in [0.15, 0.2) is 64.3 Å². The largest absolute Gasteiger partial charge is 0.481 e. The zero-order valence-electron chi connectivity index (χ0n) is 31.0. The van der Waals surface area contributed by atoms with E-state index in [-0.39, 0.29) is 18.2 Å². The molecule has 282 valence electrons. The summed E-state index contributed by atoms with van der Waals surface area (Å²) in [6, 6.07) is 15.6.